The Kier molecular flexibility index (Phi) is 7.51. The van der Waals surface area contributed by atoms with Crippen LogP contribution in [0.25, 0.3) is 0 Å². The summed E-state index contributed by atoms with van der Waals surface area (Å²) in [6.07, 6.45) is 0.867. The van der Waals surface area contributed by atoms with E-state index in [2.05, 4.69) is 63.8 Å². The van der Waals surface area contributed by atoms with Crippen molar-refractivity contribution in [1.82, 2.24) is 15.8 Å². The first-order chi connectivity index (χ1) is 12.5. The number of aryl methyl sites for hydroxylation is 3. The number of hydrogen-bond donors (Lipinski definition) is 2. The maximum atomic E-state index is 5.20. The van der Waals surface area contributed by atoms with Gasteiger partial charge in [0, 0.05) is 44.5 Å². The maximum absolute atomic E-state index is 5.20. The number of anilines is 1. The Bertz CT molecular complexity index is 703. The third kappa shape index (κ3) is 5.51. The lowest BCUT2D eigenvalue weighted by Gasteiger charge is -2.24. The Morgan fingerprint density at radius 2 is 1.96 bits per heavy atom. The predicted molar refractivity (Wildman–Crippen MR) is 108 cm³/mol. The van der Waals surface area contributed by atoms with Crippen LogP contribution in [0.15, 0.2) is 33.8 Å². The minimum Gasteiger partial charge on any atom is -0.370 e. The Balaban J connectivity index is 1.77. The fraction of sp³-hybridized carbons (Fsp3) is 0.500. The Labute approximate surface area is 156 Å². The normalized spacial score (nSPS) is 11.5. The lowest BCUT2D eigenvalue weighted by Crippen LogP contribution is -2.42. The fourth-order valence-electron chi connectivity index (χ4n) is 2.99. The van der Waals surface area contributed by atoms with Crippen molar-refractivity contribution in [3.05, 3.63) is 46.8 Å². The van der Waals surface area contributed by atoms with Gasteiger partial charge < -0.3 is 20.1 Å². The monoisotopic (exact) mass is 357 g/mol. The molecule has 0 saturated heterocycles. The molecule has 2 N–H and O–H groups in total. The quantitative estimate of drug-likeness (QED) is 0.562. The molecule has 0 saturated carbocycles. The molecule has 2 rings (SSSR count). The second-order valence-corrected chi connectivity index (χ2v) is 6.40. The van der Waals surface area contributed by atoms with Gasteiger partial charge >= 0.3 is 0 Å². The van der Waals surface area contributed by atoms with Crippen LogP contribution in [0.4, 0.5) is 5.69 Å². The minimum absolute atomic E-state index is 0.790. The van der Waals surface area contributed by atoms with Gasteiger partial charge in [0.05, 0.1) is 5.69 Å². The van der Waals surface area contributed by atoms with Gasteiger partial charge in [-0.25, -0.2) is 0 Å². The highest BCUT2D eigenvalue weighted by Gasteiger charge is 2.09. The molecule has 0 aliphatic carbocycles. The van der Waals surface area contributed by atoms with Crippen LogP contribution >= 0.6 is 0 Å². The molecule has 0 aliphatic heterocycles. The van der Waals surface area contributed by atoms with E-state index in [1.807, 2.05) is 13.8 Å². The number of rotatable bonds is 8. The van der Waals surface area contributed by atoms with E-state index < -0.39 is 0 Å². The molecule has 1 aromatic carbocycles. The molecule has 26 heavy (non-hydrogen) atoms. The SMILES string of the molecule is CCN(CCNC(=NC)NCCc1c(C)noc1C)c1cccc(C)c1. The molecule has 1 aromatic heterocycles. The molecule has 0 spiro atoms. The van der Waals surface area contributed by atoms with E-state index in [9.17, 15) is 0 Å². The van der Waals surface area contributed by atoms with Gasteiger partial charge in [-0.05, 0) is 51.8 Å². The number of aromatic nitrogens is 1. The number of benzene rings is 1. The second kappa shape index (κ2) is 9.85. The molecule has 1 heterocycles. The largest absolute Gasteiger partial charge is 0.370 e. The molecular formula is C20H31N5O. The van der Waals surface area contributed by atoms with Gasteiger partial charge in [0.25, 0.3) is 0 Å². The summed E-state index contributed by atoms with van der Waals surface area (Å²) in [4.78, 5) is 6.66. The van der Waals surface area contributed by atoms with Gasteiger partial charge in [-0.3, -0.25) is 4.99 Å². The molecule has 6 nitrogen and oxygen atoms in total. The number of hydrogen-bond acceptors (Lipinski definition) is 4. The Morgan fingerprint density at radius 1 is 1.19 bits per heavy atom. The highest BCUT2D eigenvalue weighted by molar-refractivity contribution is 5.79. The molecule has 0 aliphatic rings. The number of guanidine groups is 1. The van der Waals surface area contributed by atoms with Crippen LogP contribution in [0.3, 0.4) is 0 Å². The molecule has 2 aromatic rings. The summed E-state index contributed by atoms with van der Waals surface area (Å²) in [6, 6.07) is 8.61. The van der Waals surface area contributed by atoms with Crippen LogP contribution in [0.5, 0.6) is 0 Å². The Hall–Kier alpha value is -2.50. The summed E-state index contributed by atoms with van der Waals surface area (Å²) < 4.78 is 5.20. The van der Waals surface area contributed by atoms with Crippen molar-refractivity contribution in [2.24, 2.45) is 4.99 Å². The summed E-state index contributed by atoms with van der Waals surface area (Å²) in [5.41, 5.74) is 4.68. The van der Waals surface area contributed by atoms with E-state index >= 15 is 0 Å². The number of likely N-dealkylation sites (N-methyl/N-ethyl adjacent to an activating group) is 1. The van der Waals surface area contributed by atoms with E-state index in [-0.39, 0.29) is 0 Å². The van der Waals surface area contributed by atoms with Crippen molar-refractivity contribution in [2.45, 2.75) is 34.1 Å². The van der Waals surface area contributed by atoms with Crippen molar-refractivity contribution in [1.29, 1.82) is 0 Å². The molecule has 6 heteroatoms. The van der Waals surface area contributed by atoms with E-state index in [1.54, 1.807) is 7.05 Å². The molecule has 0 atom stereocenters. The topological polar surface area (TPSA) is 65.7 Å². The number of nitrogens with one attached hydrogen (secondary N) is 2. The first-order valence-electron chi connectivity index (χ1n) is 9.23. The van der Waals surface area contributed by atoms with E-state index in [1.165, 1.54) is 16.8 Å². The maximum Gasteiger partial charge on any atom is 0.191 e. The average molecular weight is 358 g/mol. The lowest BCUT2D eigenvalue weighted by atomic mass is 10.1. The third-order valence-electron chi connectivity index (χ3n) is 4.49. The molecule has 142 valence electrons. The fourth-order valence-corrected chi connectivity index (χ4v) is 2.99. The zero-order valence-electron chi connectivity index (χ0n) is 16.6. The lowest BCUT2D eigenvalue weighted by molar-refractivity contribution is 0.392. The first kappa shape index (κ1) is 19.8. The average Bonchev–Trinajstić information content (AvgIpc) is 2.95. The van der Waals surface area contributed by atoms with Gasteiger partial charge in [-0.1, -0.05) is 17.3 Å². The van der Waals surface area contributed by atoms with Gasteiger partial charge in [-0.15, -0.1) is 0 Å². The smallest absolute Gasteiger partial charge is 0.191 e. The second-order valence-electron chi connectivity index (χ2n) is 6.40. The number of nitrogens with zero attached hydrogens (tertiary/aromatic N) is 3. The molecule has 0 radical (unpaired) electrons. The third-order valence-corrected chi connectivity index (χ3v) is 4.49. The zero-order valence-corrected chi connectivity index (χ0v) is 16.6. The van der Waals surface area contributed by atoms with Crippen LogP contribution in [-0.4, -0.2) is 44.3 Å². The summed E-state index contributed by atoms with van der Waals surface area (Å²) >= 11 is 0. The van der Waals surface area contributed by atoms with Crippen LogP contribution < -0.4 is 15.5 Å². The zero-order chi connectivity index (χ0) is 18.9. The summed E-state index contributed by atoms with van der Waals surface area (Å²) in [5.74, 6) is 1.71. The highest BCUT2D eigenvalue weighted by atomic mass is 16.5. The minimum atomic E-state index is 0.790. The molecular weight excluding hydrogens is 326 g/mol. The summed E-state index contributed by atoms with van der Waals surface area (Å²) in [5, 5.41) is 10.7. The number of aliphatic imine (C=N–C) groups is 1. The predicted octanol–water partition coefficient (Wildman–Crippen LogP) is 2.83. The van der Waals surface area contributed by atoms with Gasteiger partial charge in [0.1, 0.15) is 5.76 Å². The van der Waals surface area contributed by atoms with Crippen molar-refractivity contribution in [3.8, 4) is 0 Å². The molecule has 0 unspecified atom stereocenters. The van der Waals surface area contributed by atoms with Crippen LogP contribution in [0.1, 0.15) is 29.5 Å². The van der Waals surface area contributed by atoms with Crippen LogP contribution in [0, 0.1) is 20.8 Å². The van der Waals surface area contributed by atoms with Crippen molar-refractivity contribution < 1.29 is 4.52 Å². The molecule has 0 bridgehead atoms. The summed E-state index contributed by atoms with van der Waals surface area (Å²) in [7, 11) is 1.80. The summed E-state index contributed by atoms with van der Waals surface area (Å²) in [6.45, 7) is 11.7. The van der Waals surface area contributed by atoms with Crippen molar-refractivity contribution in [3.63, 3.8) is 0 Å². The molecule has 0 fully saturated rings. The Morgan fingerprint density at radius 3 is 2.58 bits per heavy atom. The first-order valence-corrected chi connectivity index (χ1v) is 9.23. The van der Waals surface area contributed by atoms with Crippen molar-refractivity contribution >= 4 is 11.6 Å². The van der Waals surface area contributed by atoms with Gasteiger partial charge in [0.2, 0.25) is 0 Å². The van der Waals surface area contributed by atoms with Crippen LogP contribution in [0.2, 0.25) is 0 Å². The van der Waals surface area contributed by atoms with Crippen LogP contribution in [-0.2, 0) is 6.42 Å². The van der Waals surface area contributed by atoms with E-state index in [4.69, 9.17) is 4.52 Å². The van der Waals surface area contributed by atoms with Gasteiger partial charge in [-0.2, -0.15) is 0 Å². The molecule has 0 amide bonds. The van der Waals surface area contributed by atoms with E-state index in [0.29, 0.717) is 0 Å². The van der Waals surface area contributed by atoms with Crippen molar-refractivity contribution in [2.75, 3.05) is 38.1 Å². The van der Waals surface area contributed by atoms with E-state index in [0.717, 1.165) is 50.0 Å². The highest BCUT2D eigenvalue weighted by Crippen LogP contribution is 2.15. The van der Waals surface area contributed by atoms with Gasteiger partial charge in [0.15, 0.2) is 5.96 Å². The standard InChI is InChI=1S/C20H31N5O/c1-6-25(18-9-7-8-15(2)14-18)13-12-23-20(21-5)22-11-10-19-16(3)24-26-17(19)4/h7-9,14H,6,10-13H2,1-5H3,(H2,21,22,23).